The van der Waals surface area contributed by atoms with Crippen molar-refractivity contribution in [3.05, 3.63) is 52.3 Å². The van der Waals surface area contributed by atoms with Gasteiger partial charge in [0.05, 0.1) is 11.6 Å². The number of anilines is 3. The maximum atomic E-state index is 13.4. The molecule has 0 bridgehead atoms. The van der Waals surface area contributed by atoms with Crippen LogP contribution in [0.5, 0.6) is 0 Å². The van der Waals surface area contributed by atoms with Crippen LogP contribution in [0.3, 0.4) is 0 Å². The van der Waals surface area contributed by atoms with Gasteiger partial charge in [-0.25, -0.2) is 14.4 Å². The van der Waals surface area contributed by atoms with Gasteiger partial charge < -0.3 is 15.2 Å². The van der Waals surface area contributed by atoms with Crippen molar-refractivity contribution in [1.82, 2.24) is 14.5 Å². The standard InChI is InChI=1S/C18H18FN5O/c1-10-7-14(20-9-13(10)19)22-15-8-11-5-6-24(2)18(25)16(11)17(23-15)21-12-3-4-12/h5-9,12H,3-4H2,1-2H3,(H2,20,21,22,23). The molecule has 6 nitrogen and oxygen atoms in total. The third kappa shape index (κ3) is 3.05. The SMILES string of the molecule is Cc1cc(Nc2cc3ccn(C)c(=O)c3c(NC3CC3)n2)ncc1F. The zero-order valence-corrected chi connectivity index (χ0v) is 14.0. The van der Waals surface area contributed by atoms with E-state index in [4.69, 9.17) is 0 Å². The van der Waals surface area contributed by atoms with E-state index in [1.165, 1.54) is 6.20 Å². The van der Waals surface area contributed by atoms with Crippen LogP contribution in [0.1, 0.15) is 18.4 Å². The fourth-order valence-corrected chi connectivity index (χ4v) is 2.69. The Morgan fingerprint density at radius 1 is 1.28 bits per heavy atom. The summed E-state index contributed by atoms with van der Waals surface area (Å²) in [5, 5.41) is 7.79. The average Bonchev–Trinajstić information content (AvgIpc) is 3.38. The Bertz CT molecular complexity index is 1030. The number of halogens is 1. The molecule has 0 atom stereocenters. The van der Waals surface area contributed by atoms with E-state index in [0.717, 1.165) is 18.2 Å². The van der Waals surface area contributed by atoms with Crippen molar-refractivity contribution in [2.24, 2.45) is 7.05 Å². The summed E-state index contributed by atoms with van der Waals surface area (Å²) in [5.41, 5.74) is 0.416. The van der Waals surface area contributed by atoms with E-state index >= 15 is 0 Å². The Morgan fingerprint density at radius 2 is 2.08 bits per heavy atom. The molecular weight excluding hydrogens is 321 g/mol. The monoisotopic (exact) mass is 339 g/mol. The summed E-state index contributed by atoms with van der Waals surface area (Å²) in [5.74, 6) is 1.29. The third-order valence-corrected chi connectivity index (χ3v) is 4.28. The quantitative estimate of drug-likeness (QED) is 0.764. The number of nitrogens with zero attached hydrogens (tertiary/aromatic N) is 3. The van der Waals surface area contributed by atoms with E-state index < -0.39 is 0 Å². The molecule has 1 aliphatic carbocycles. The lowest BCUT2D eigenvalue weighted by atomic mass is 10.2. The minimum atomic E-state index is -0.350. The zero-order chi connectivity index (χ0) is 17.6. The van der Waals surface area contributed by atoms with E-state index in [1.54, 1.807) is 36.9 Å². The number of nitrogens with one attached hydrogen (secondary N) is 2. The van der Waals surface area contributed by atoms with Crippen LogP contribution >= 0.6 is 0 Å². The largest absolute Gasteiger partial charge is 0.367 e. The third-order valence-electron chi connectivity index (χ3n) is 4.28. The number of rotatable bonds is 4. The second-order valence-electron chi connectivity index (χ2n) is 6.41. The molecule has 0 radical (unpaired) electrons. The Balaban J connectivity index is 1.80. The molecule has 4 rings (SSSR count). The minimum Gasteiger partial charge on any atom is -0.367 e. The first-order valence-electron chi connectivity index (χ1n) is 8.17. The van der Waals surface area contributed by atoms with Gasteiger partial charge in [-0.2, -0.15) is 0 Å². The average molecular weight is 339 g/mol. The number of hydrogen-bond acceptors (Lipinski definition) is 5. The Kier molecular flexibility index (Phi) is 3.63. The number of pyridine rings is 3. The lowest BCUT2D eigenvalue weighted by Gasteiger charge is -2.12. The van der Waals surface area contributed by atoms with Gasteiger partial charge >= 0.3 is 0 Å². The smallest absolute Gasteiger partial charge is 0.261 e. The van der Waals surface area contributed by atoms with Crippen LogP contribution in [0, 0.1) is 12.7 Å². The molecule has 3 aromatic heterocycles. The molecule has 3 aromatic rings. The highest BCUT2D eigenvalue weighted by atomic mass is 19.1. The molecule has 0 spiro atoms. The van der Waals surface area contributed by atoms with Gasteiger partial charge in [-0.3, -0.25) is 4.79 Å². The summed E-state index contributed by atoms with van der Waals surface area (Å²) < 4.78 is 14.9. The molecule has 3 heterocycles. The molecule has 2 N–H and O–H groups in total. The molecule has 1 aliphatic rings. The van der Waals surface area contributed by atoms with E-state index in [9.17, 15) is 9.18 Å². The molecule has 1 fully saturated rings. The van der Waals surface area contributed by atoms with E-state index in [0.29, 0.717) is 34.4 Å². The van der Waals surface area contributed by atoms with Crippen LogP contribution in [0.25, 0.3) is 10.8 Å². The highest BCUT2D eigenvalue weighted by Crippen LogP contribution is 2.29. The maximum Gasteiger partial charge on any atom is 0.261 e. The van der Waals surface area contributed by atoms with Gasteiger partial charge in [-0.15, -0.1) is 0 Å². The Labute approximate surface area is 143 Å². The molecule has 0 saturated heterocycles. The first kappa shape index (κ1) is 15.6. The van der Waals surface area contributed by atoms with Crippen LogP contribution in [0.4, 0.5) is 21.8 Å². The van der Waals surface area contributed by atoms with Crippen LogP contribution < -0.4 is 16.2 Å². The van der Waals surface area contributed by atoms with E-state index in [1.807, 2.05) is 6.07 Å². The molecule has 0 amide bonds. The van der Waals surface area contributed by atoms with Gasteiger partial charge in [-0.1, -0.05) is 0 Å². The summed E-state index contributed by atoms with van der Waals surface area (Å²) in [4.78, 5) is 21.1. The Hall–Kier alpha value is -2.96. The lowest BCUT2D eigenvalue weighted by Crippen LogP contribution is -2.18. The fraction of sp³-hybridized carbons (Fsp3) is 0.278. The number of hydrogen-bond donors (Lipinski definition) is 2. The second kappa shape index (κ2) is 5.84. The van der Waals surface area contributed by atoms with Crippen LogP contribution in [0.2, 0.25) is 0 Å². The van der Waals surface area contributed by atoms with Gasteiger partial charge in [0.25, 0.3) is 5.56 Å². The summed E-state index contributed by atoms with van der Waals surface area (Å²) in [6.45, 7) is 1.68. The van der Waals surface area contributed by atoms with Crippen LogP contribution in [0.15, 0.2) is 35.4 Å². The second-order valence-corrected chi connectivity index (χ2v) is 6.41. The number of aromatic nitrogens is 3. The van der Waals surface area contributed by atoms with Crippen molar-refractivity contribution in [2.75, 3.05) is 10.6 Å². The zero-order valence-electron chi connectivity index (χ0n) is 14.0. The molecule has 128 valence electrons. The van der Waals surface area contributed by atoms with E-state index in [2.05, 4.69) is 20.6 Å². The molecule has 0 unspecified atom stereocenters. The molecule has 25 heavy (non-hydrogen) atoms. The molecule has 1 saturated carbocycles. The van der Waals surface area contributed by atoms with Crippen molar-refractivity contribution in [2.45, 2.75) is 25.8 Å². The van der Waals surface area contributed by atoms with Crippen molar-refractivity contribution in [1.29, 1.82) is 0 Å². The molecule has 0 aromatic carbocycles. The van der Waals surface area contributed by atoms with Gasteiger partial charge in [0.2, 0.25) is 0 Å². The first-order chi connectivity index (χ1) is 12.0. The van der Waals surface area contributed by atoms with Crippen LogP contribution in [-0.2, 0) is 7.05 Å². The molecule has 0 aliphatic heterocycles. The Morgan fingerprint density at radius 3 is 2.80 bits per heavy atom. The number of aryl methyl sites for hydroxylation is 2. The van der Waals surface area contributed by atoms with Crippen LogP contribution in [-0.4, -0.2) is 20.6 Å². The summed E-state index contributed by atoms with van der Waals surface area (Å²) >= 11 is 0. The van der Waals surface area contributed by atoms with Gasteiger partial charge in [0.15, 0.2) is 0 Å². The van der Waals surface area contributed by atoms with Gasteiger partial charge in [0.1, 0.15) is 23.3 Å². The minimum absolute atomic E-state index is 0.0875. The highest BCUT2D eigenvalue weighted by molar-refractivity contribution is 5.93. The molecular formula is C18H18FN5O. The normalized spacial score (nSPS) is 13.9. The summed E-state index contributed by atoms with van der Waals surface area (Å²) in [7, 11) is 1.72. The fourth-order valence-electron chi connectivity index (χ4n) is 2.69. The number of fused-ring (bicyclic) bond motifs is 1. The van der Waals surface area contributed by atoms with Crippen molar-refractivity contribution in [3.63, 3.8) is 0 Å². The topological polar surface area (TPSA) is 71.8 Å². The predicted molar refractivity (Wildman–Crippen MR) is 95.8 cm³/mol. The van der Waals surface area contributed by atoms with E-state index in [-0.39, 0.29) is 11.4 Å². The van der Waals surface area contributed by atoms with Crippen molar-refractivity contribution in [3.8, 4) is 0 Å². The van der Waals surface area contributed by atoms with Crippen molar-refractivity contribution < 1.29 is 4.39 Å². The van der Waals surface area contributed by atoms with Gasteiger partial charge in [-0.05, 0) is 48.9 Å². The predicted octanol–water partition coefficient (Wildman–Crippen LogP) is 3.09. The summed E-state index contributed by atoms with van der Waals surface area (Å²) in [6, 6.07) is 5.67. The lowest BCUT2D eigenvalue weighted by molar-refractivity contribution is 0.612. The van der Waals surface area contributed by atoms with Crippen molar-refractivity contribution >= 4 is 28.2 Å². The maximum absolute atomic E-state index is 13.4. The molecule has 7 heteroatoms. The first-order valence-corrected chi connectivity index (χ1v) is 8.17. The summed E-state index contributed by atoms with van der Waals surface area (Å²) in [6.07, 6.45) is 5.06. The highest BCUT2D eigenvalue weighted by Gasteiger charge is 2.23. The van der Waals surface area contributed by atoms with Gasteiger partial charge in [0, 0.05) is 19.3 Å².